The minimum Gasteiger partial charge on any atom is -0.497 e. The van der Waals surface area contributed by atoms with E-state index in [9.17, 15) is 0 Å². The van der Waals surface area contributed by atoms with Gasteiger partial charge in [-0.15, -0.1) is 0 Å². The third-order valence-electron chi connectivity index (χ3n) is 5.21. The maximum absolute atomic E-state index is 6.23. The van der Waals surface area contributed by atoms with Crippen LogP contribution in [-0.2, 0) is 4.74 Å². The van der Waals surface area contributed by atoms with Gasteiger partial charge in [0.15, 0.2) is 11.5 Å². The Kier molecular flexibility index (Phi) is 5.40. The molecule has 1 saturated heterocycles. The van der Waals surface area contributed by atoms with Crippen LogP contribution in [0, 0.1) is 0 Å². The highest BCUT2D eigenvalue weighted by atomic mass is 16.5. The van der Waals surface area contributed by atoms with Crippen LogP contribution in [-0.4, -0.2) is 50.7 Å². The van der Waals surface area contributed by atoms with Crippen LogP contribution in [0.1, 0.15) is 18.6 Å². The molecule has 4 rings (SSSR count). The smallest absolute Gasteiger partial charge is 0.162 e. The minimum atomic E-state index is -0.0481. The van der Waals surface area contributed by atoms with E-state index in [0.29, 0.717) is 18.0 Å². The van der Waals surface area contributed by atoms with E-state index < -0.39 is 0 Å². The van der Waals surface area contributed by atoms with Crippen molar-refractivity contribution in [3.05, 3.63) is 48.2 Å². The summed E-state index contributed by atoms with van der Waals surface area (Å²) in [6, 6.07) is 11.8. The fourth-order valence-corrected chi connectivity index (χ4v) is 3.77. The first-order valence-corrected chi connectivity index (χ1v) is 9.54. The molecule has 0 N–H and O–H groups in total. The fourth-order valence-electron chi connectivity index (χ4n) is 3.77. The summed E-state index contributed by atoms with van der Waals surface area (Å²) in [5.41, 5.74) is 2.89. The van der Waals surface area contributed by atoms with Crippen molar-refractivity contribution < 1.29 is 18.9 Å². The Labute approximate surface area is 170 Å². The van der Waals surface area contributed by atoms with E-state index in [0.717, 1.165) is 34.4 Å². The van der Waals surface area contributed by atoms with Gasteiger partial charge in [-0.1, -0.05) is 12.1 Å². The Hall–Kier alpha value is -3.06. The topological polar surface area (TPSA) is 65.9 Å². The second-order valence-electron chi connectivity index (χ2n) is 7.07. The summed E-state index contributed by atoms with van der Waals surface area (Å²) in [5.74, 6) is 2.14. The summed E-state index contributed by atoms with van der Waals surface area (Å²) < 4.78 is 22.4. The van der Waals surface area contributed by atoms with Crippen molar-refractivity contribution in [1.82, 2.24) is 10.2 Å². The van der Waals surface area contributed by atoms with Crippen LogP contribution in [0.2, 0.25) is 0 Å². The van der Waals surface area contributed by atoms with Crippen LogP contribution >= 0.6 is 0 Å². The molecule has 0 amide bonds. The van der Waals surface area contributed by atoms with Crippen molar-refractivity contribution >= 4 is 16.6 Å². The van der Waals surface area contributed by atoms with Crippen molar-refractivity contribution in [2.24, 2.45) is 0 Å². The molecule has 2 atom stereocenters. The molecule has 2 aromatic carbocycles. The molecule has 1 aliphatic heterocycles. The Balaban J connectivity index is 1.70. The molecule has 0 spiro atoms. The number of hydrogen-bond donors (Lipinski definition) is 0. The fraction of sp³-hybridized carbons (Fsp3) is 0.364. The Morgan fingerprint density at radius 3 is 2.38 bits per heavy atom. The van der Waals surface area contributed by atoms with Crippen LogP contribution in [0.3, 0.4) is 0 Å². The van der Waals surface area contributed by atoms with Crippen LogP contribution < -0.4 is 19.1 Å². The number of nitrogens with zero attached hydrogens (tertiary/aromatic N) is 3. The molecule has 1 fully saturated rings. The van der Waals surface area contributed by atoms with E-state index in [1.807, 2.05) is 24.3 Å². The molecule has 152 valence electrons. The Morgan fingerprint density at radius 1 is 0.966 bits per heavy atom. The minimum absolute atomic E-state index is 0.0481. The normalized spacial score (nSPS) is 19.2. The van der Waals surface area contributed by atoms with Crippen LogP contribution in [0.15, 0.2) is 42.6 Å². The van der Waals surface area contributed by atoms with Crippen molar-refractivity contribution in [2.75, 3.05) is 39.3 Å². The number of anilines is 1. The van der Waals surface area contributed by atoms with Crippen molar-refractivity contribution in [1.29, 1.82) is 0 Å². The first-order chi connectivity index (χ1) is 14.1. The highest BCUT2D eigenvalue weighted by molar-refractivity contribution is 5.93. The second-order valence-corrected chi connectivity index (χ2v) is 7.07. The lowest BCUT2D eigenvalue weighted by Crippen LogP contribution is -2.43. The predicted molar refractivity (Wildman–Crippen MR) is 111 cm³/mol. The number of ether oxygens (including phenoxy) is 4. The number of benzene rings is 2. The van der Waals surface area contributed by atoms with E-state index in [1.54, 1.807) is 27.5 Å². The molecule has 0 saturated carbocycles. The average molecular weight is 395 g/mol. The lowest BCUT2D eigenvalue weighted by Gasteiger charge is -2.38. The van der Waals surface area contributed by atoms with Crippen LogP contribution in [0.4, 0.5) is 5.69 Å². The zero-order valence-corrected chi connectivity index (χ0v) is 17.1. The van der Waals surface area contributed by atoms with E-state index >= 15 is 0 Å². The molecule has 0 bridgehead atoms. The first-order valence-electron chi connectivity index (χ1n) is 9.54. The Morgan fingerprint density at radius 2 is 1.69 bits per heavy atom. The number of rotatable bonds is 5. The van der Waals surface area contributed by atoms with Gasteiger partial charge in [-0.05, 0) is 30.7 Å². The van der Waals surface area contributed by atoms with Crippen LogP contribution in [0.25, 0.3) is 10.9 Å². The highest BCUT2D eigenvalue weighted by Crippen LogP contribution is 2.37. The molecule has 2 heterocycles. The molecule has 29 heavy (non-hydrogen) atoms. The molecular formula is C22H25N3O4. The van der Waals surface area contributed by atoms with Gasteiger partial charge in [-0.25, -0.2) is 0 Å². The third-order valence-corrected chi connectivity index (χ3v) is 5.21. The van der Waals surface area contributed by atoms with Crippen molar-refractivity contribution in [3.8, 4) is 17.2 Å². The van der Waals surface area contributed by atoms with Gasteiger partial charge in [0.05, 0.1) is 44.8 Å². The Bertz CT molecular complexity index is 993. The van der Waals surface area contributed by atoms with Gasteiger partial charge in [-0.2, -0.15) is 10.2 Å². The van der Waals surface area contributed by atoms with Gasteiger partial charge in [0.1, 0.15) is 11.9 Å². The van der Waals surface area contributed by atoms with E-state index in [-0.39, 0.29) is 12.2 Å². The molecule has 1 aliphatic rings. The highest BCUT2D eigenvalue weighted by Gasteiger charge is 2.28. The number of aromatic nitrogens is 2. The number of fused-ring (bicyclic) bond motifs is 1. The zero-order valence-electron chi connectivity index (χ0n) is 17.1. The summed E-state index contributed by atoms with van der Waals surface area (Å²) in [6.45, 7) is 3.57. The van der Waals surface area contributed by atoms with Crippen molar-refractivity contribution in [3.63, 3.8) is 0 Å². The molecule has 0 radical (unpaired) electrons. The maximum Gasteiger partial charge on any atom is 0.162 e. The van der Waals surface area contributed by atoms with Crippen LogP contribution in [0.5, 0.6) is 17.2 Å². The molecule has 7 heteroatoms. The SMILES string of the molecule is COc1ccc(C2CN(c3cnnc4cc(OC)c(OC)cc34)CC(C)O2)cc1. The summed E-state index contributed by atoms with van der Waals surface area (Å²) in [4.78, 5) is 2.30. The standard InChI is InChI=1S/C22H25N3O4/c1-14-12-25(13-22(29-14)15-5-7-16(26-2)8-6-15)19-11-23-24-18-10-21(28-4)20(27-3)9-17(18)19/h5-11,14,22H,12-13H2,1-4H3. The summed E-state index contributed by atoms with van der Waals surface area (Å²) >= 11 is 0. The summed E-state index contributed by atoms with van der Waals surface area (Å²) in [7, 11) is 4.92. The molecular weight excluding hydrogens is 370 g/mol. The third kappa shape index (κ3) is 3.78. The molecule has 7 nitrogen and oxygen atoms in total. The molecule has 3 aromatic rings. The molecule has 1 aromatic heterocycles. The van der Waals surface area contributed by atoms with Crippen molar-refractivity contribution in [2.45, 2.75) is 19.1 Å². The second kappa shape index (κ2) is 8.13. The predicted octanol–water partition coefficient (Wildman–Crippen LogP) is 3.62. The molecule has 2 unspecified atom stereocenters. The van der Waals surface area contributed by atoms with E-state index in [1.165, 1.54) is 0 Å². The van der Waals surface area contributed by atoms with Gasteiger partial charge in [0, 0.05) is 24.5 Å². The van der Waals surface area contributed by atoms with Gasteiger partial charge in [-0.3, -0.25) is 0 Å². The molecule has 0 aliphatic carbocycles. The average Bonchev–Trinajstić information content (AvgIpc) is 2.77. The number of hydrogen-bond acceptors (Lipinski definition) is 7. The van der Waals surface area contributed by atoms with Gasteiger partial charge in [0.25, 0.3) is 0 Å². The van der Waals surface area contributed by atoms with Gasteiger partial charge in [0.2, 0.25) is 0 Å². The summed E-state index contributed by atoms with van der Waals surface area (Å²) in [6.07, 6.45) is 1.82. The first kappa shape index (κ1) is 19.3. The maximum atomic E-state index is 6.23. The number of methoxy groups -OCH3 is 3. The lowest BCUT2D eigenvalue weighted by molar-refractivity contribution is -0.0173. The largest absolute Gasteiger partial charge is 0.497 e. The number of morpholine rings is 1. The lowest BCUT2D eigenvalue weighted by atomic mass is 10.0. The summed E-state index contributed by atoms with van der Waals surface area (Å²) in [5, 5.41) is 9.47. The quantitative estimate of drug-likeness (QED) is 0.654. The van der Waals surface area contributed by atoms with E-state index in [2.05, 4.69) is 34.2 Å². The van der Waals surface area contributed by atoms with Gasteiger partial charge >= 0.3 is 0 Å². The monoisotopic (exact) mass is 395 g/mol. The van der Waals surface area contributed by atoms with Gasteiger partial charge < -0.3 is 23.8 Å². The zero-order chi connectivity index (χ0) is 20.4. The van der Waals surface area contributed by atoms with E-state index in [4.69, 9.17) is 18.9 Å².